The van der Waals surface area contributed by atoms with Crippen molar-refractivity contribution in [1.29, 1.82) is 0 Å². The van der Waals surface area contributed by atoms with Crippen LogP contribution < -0.4 is 11.0 Å². The standard InChI is InChI=1S/C8H9N5O3/c1-16-7(14)4-9-5-2-3-6-10-11-8(15)13(6)12-5/h2-3H,4H2,1H3,(H,9,12)(H,11,15). The number of nitrogens with one attached hydrogen (secondary N) is 2. The molecule has 2 aromatic rings. The number of nitrogens with zero attached hydrogens (tertiary/aromatic N) is 3. The average Bonchev–Trinajstić information content (AvgIpc) is 2.68. The zero-order valence-electron chi connectivity index (χ0n) is 8.43. The molecule has 0 amide bonds. The molecule has 0 spiro atoms. The lowest BCUT2D eigenvalue weighted by atomic mass is 10.5. The lowest BCUT2D eigenvalue weighted by Crippen LogP contribution is -2.18. The van der Waals surface area contributed by atoms with Gasteiger partial charge in [0, 0.05) is 0 Å². The summed E-state index contributed by atoms with van der Waals surface area (Å²) in [4.78, 5) is 22.1. The van der Waals surface area contributed by atoms with Crippen LogP contribution in [-0.2, 0) is 9.53 Å². The number of carbonyl (C=O) groups is 1. The largest absolute Gasteiger partial charge is 0.468 e. The number of hydrogen-bond acceptors (Lipinski definition) is 6. The number of fused-ring (bicyclic) bond motifs is 1. The summed E-state index contributed by atoms with van der Waals surface area (Å²) >= 11 is 0. The van der Waals surface area contributed by atoms with E-state index < -0.39 is 11.7 Å². The number of methoxy groups -OCH3 is 1. The second-order valence-electron chi connectivity index (χ2n) is 2.95. The minimum absolute atomic E-state index is 0.0123. The van der Waals surface area contributed by atoms with Crippen molar-refractivity contribution in [2.24, 2.45) is 0 Å². The Balaban J connectivity index is 2.22. The maximum Gasteiger partial charge on any atom is 0.364 e. The molecule has 0 fully saturated rings. The van der Waals surface area contributed by atoms with Gasteiger partial charge in [0.15, 0.2) is 5.65 Å². The maximum absolute atomic E-state index is 11.2. The molecule has 84 valence electrons. The fourth-order valence-corrected chi connectivity index (χ4v) is 1.13. The number of ether oxygens (including phenoxy) is 1. The summed E-state index contributed by atoms with van der Waals surface area (Å²) in [5.41, 5.74) is -0.0228. The normalized spacial score (nSPS) is 10.3. The van der Waals surface area contributed by atoms with E-state index in [0.717, 1.165) is 4.52 Å². The Morgan fingerprint density at radius 1 is 1.62 bits per heavy atom. The van der Waals surface area contributed by atoms with Crippen LogP contribution in [0.15, 0.2) is 16.9 Å². The molecule has 8 heteroatoms. The Morgan fingerprint density at radius 3 is 3.19 bits per heavy atom. The van der Waals surface area contributed by atoms with Crippen LogP contribution in [0.4, 0.5) is 5.82 Å². The summed E-state index contributed by atoms with van der Waals surface area (Å²) in [5, 5.41) is 12.6. The van der Waals surface area contributed by atoms with Gasteiger partial charge in [-0.15, -0.1) is 5.10 Å². The van der Waals surface area contributed by atoms with E-state index in [9.17, 15) is 9.59 Å². The van der Waals surface area contributed by atoms with Crippen LogP contribution >= 0.6 is 0 Å². The summed E-state index contributed by atoms with van der Waals surface area (Å²) < 4.78 is 5.55. The van der Waals surface area contributed by atoms with E-state index in [1.54, 1.807) is 12.1 Å². The van der Waals surface area contributed by atoms with Crippen molar-refractivity contribution in [3.8, 4) is 0 Å². The van der Waals surface area contributed by atoms with Gasteiger partial charge in [-0.1, -0.05) is 0 Å². The van der Waals surface area contributed by atoms with Gasteiger partial charge in [0.1, 0.15) is 12.4 Å². The van der Waals surface area contributed by atoms with Gasteiger partial charge in [0.25, 0.3) is 0 Å². The average molecular weight is 223 g/mol. The van der Waals surface area contributed by atoms with Gasteiger partial charge in [-0.25, -0.2) is 9.89 Å². The van der Waals surface area contributed by atoms with E-state index in [0.29, 0.717) is 11.5 Å². The van der Waals surface area contributed by atoms with Crippen LogP contribution in [0.5, 0.6) is 0 Å². The molecule has 0 unspecified atom stereocenters. The number of aromatic nitrogens is 4. The molecule has 0 radical (unpaired) electrons. The van der Waals surface area contributed by atoms with Crippen molar-refractivity contribution in [2.75, 3.05) is 19.0 Å². The molecule has 0 aliphatic rings. The van der Waals surface area contributed by atoms with Gasteiger partial charge < -0.3 is 10.1 Å². The van der Waals surface area contributed by atoms with E-state index >= 15 is 0 Å². The first-order valence-electron chi connectivity index (χ1n) is 4.46. The molecule has 0 aromatic carbocycles. The molecule has 0 aliphatic carbocycles. The minimum atomic E-state index is -0.434. The zero-order valence-corrected chi connectivity index (χ0v) is 8.43. The SMILES string of the molecule is COC(=O)CNc1ccc2n[nH]c(=O)n2n1. The van der Waals surface area contributed by atoms with Gasteiger partial charge in [0.2, 0.25) is 0 Å². The number of aromatic amines is 1. The van der Waals surface area contributed by atoms with Crippen LogP contribution in [0.3, 0.4) is 0 Å². The monoisotopic (exact) mass is 223 g/mol. The minimum Gasteiger partial charge on any atom is -0.468 e. The van der Waals surface area contributed by atoms with Crippen molar-refractivity contribution in [2.45, 2.75) is 0 Å². The summed E-state index contributed by atoms with van der Waals surface area (Å²) in [6.45, 7) is -0.0123. The molecule has 0 aliphatic heterocycles. The second-order valence-corrected chi connectivity index (χ2v) is 2.95. The van der Waals surface area contributed by atoms with E-state index in [1.165, 1.54) is 7.11 Å². The molecular formula is C8H9N5O3. The molecule has 2 heterocycles. The van der Waals surface area contributed by atoms with Gasteiger partial charge >= 0.3 is 11.7 Å². The summed E-state index contributed by atoms with van der Waals surface area (Å²) in [7, 11) is 1.29. The van der Waals surface area contributed by atoms with Crippen LogP contribution in [0, 0.1) is 0 Å². The molecule has 2 N–H and O–H groups in total. The van der Waals surface area contributed by atoms with E-state index in [2.05, 4.69) is 25.3 Å². The number of hydrogen-bond donors (Lipinski definition) is 2. The van der Waals surface area contributed by atoms with Crippen molar-refractivity contribution >= 4 is 17.4 Å². The highest BCUT2D eigenvalue weighted by Crippen LogP contribution is 2.01. The maximum atomic E-state index is 11.2. The highest BCUT2D eigenvalue weighted by molar-refractivity contribution is 5.74. The first-order chi connectivity index (χ1) is 7.70. The Bertz CT molecular complexity index is 572. The van der Waals surface area contributed by atoms with Crippen LogP contribution in [0.1, 0.15) is 0 Å². The highest BCUT2D eigenvalue weighted by Gasteiger charge is 2.04. The molecule has 0 bridgehead atoms. The van der Waals surface area contributed by atoms with Crippen LogP contribution in [0.2, 0.25) is 0 Å². The Kier molecular flexibility index (Phi) is 2.54. The van der Waals surface area contributed by atoms with Crippen molar-refractivity contribution in [1.82, 2.24) is 19.8 Å². The third kappa shape index (κ3) is 1.85. The predicted molar refractivity (Wildman–Crippen MR) is 54.1 cm³/mol. The molecular weight excluding hydrogens is 214 g/mol. The number of anilines is 1. The fourth-order valence-electron chi connectivity index (χ4n) is 1.13. The van der Waals surface area contributed by atoms with E-state index in [-0.39, 0.29) is 6.54 Å². The smallest absolute Gasteiger partial charge is 0.364 e. The quantitative estimate of drug-likeness (QED) is 0.647. The van der Waals surface area contributed by atoms with E-state index in [4.69, 9.17) is 0 Å². The van der Waals surface area contributed by atoms with Gasteiger partial charge in [-0.05, 0) is 12.1 Å². The number of carbonyl (C=O) groups excluding carboxylic acids is 1. The molecule has 2 aromatic heterocycles. The molecule has 8 nitrogen and oxygen atoms in total. The lowest BCUT2D eigenvalue weighted by molar-refractivity contribution is -0.138. The second kappa shape index (κ2) is 4.01. The van der Waals surface area contributed by atoms with Gasteiger partial charge in [0.05, 0.1) is 7.11 Å². The molecule has 0 atom stereocenters. The van der Waals surface area contributed by atoms with Crippen LogP contribution in [-0.4, -0.2) is 39.4 Å². The molecule has 0 saturated carbocycles. The number of esters is 1. The van der Waals surface area contributed by atoms with Crippen molar-refractivity contribution in [3.05, 3.63) is 22.6 Å². The zero-order chi connectivity index (χ0) is 11.5. The Labute approximate surface area is 89.2 Å². The van der Waals surface area contributed by atoms with Crippen molar-refractivity contribution < 1.29 is 9.53 Å². The van der Waals surface area contributed by atoms with Crippen molar-refractivity contribution in [3.63, 3.8) is 0 Å². The fraction of sp³-hybridized carbons (Fsp3) is 0.250. The summed E-state index contributed by atoms with van der Waals surface area (Å²) in [5.74, 6) is -0.0252. The third-order valence-corrected chi connectivity index (χ3v) is 1.91. The molecule has 2 rings (SSSR count). The van der Waals surface area contributed by atoms with E-state index in [1.807, 2.05) is 0 Å². The highest BCUT2D eigenvalue weighted by atomic mass is 16.5. The Morgan fingerprint density at radius 2 is 2.44 bits per heavy atom. The third-order valence-electron chi connectivity index (χ3n) is 1.91. The summed E-state index contributed by atoms with van der Waals surface area (Å²) in [6, 6.07) is 3.21. The van der Waals surface area contributed by atoms with Gasteiger partial charge in [-0.2, -0.15) is 9.61 Å². The number of H-pyrrole nitrogens is 1. The first-order valence-corrected chi connectivity index (χ1v) is 4.46. The topological polar surface area (TPSA) is 101 Å². The summed E-state index contributed by atoms with van der Waals surface area (Å²) in [6.07, 6.45) is 0. The Hall–Kier alpha value is -2.38. The predicted octanol–water partition coefficient (Wildman–Crippen LogP) is -0.997. The first kappa shape index (κ1) is 10.1. The van der Waals surface area contributed by atoms with Crippen LogP contribution in [0.25, 0.3) is 5.65 Å². The van der Waals surface area contributed by atoms with Gasteiger partial charge in [-0.3, -0.25) is 4.79 Å². The molecule has 16 heavy (non-hydrogen) atoms. The molecule has 0 saturated heterocycles. The number of rotatable bonds is 3. The lowest BCUT2D eigenvalue weighted by Gasteiger charge is -2.03.